The van der Waals surface area contributed by atoms with Crippen molar-refractivity contribution in [2.24, 2.45) is 5.73 Å². The molecule has 0 radical (unpaired) electrons. The van der Waals surface area contributed by atoms with Crippen molar-refractivity contribution in [1.29, 1.82) is 5.26 Å². The largest absolute Gasteiger partial charge is 0.506 e. The molecule has 4 N–H and O–H groups in total. The van der Waals surface area contributed by atoms with Crippen LogP contribution >= 0.6 is 0 Å². The molecule has 2 rings (SSSR count). The summed E-state index contributed by atoms with van der Waals surface area (Å²) in [6.07, 6.45) is 0.619. The minimum Gasteiger partial charge on any atom is -0.506 e. The number of rotatable bonds is 2. The van der Waals surface area contributed by atoms with Crippen LogP contribution in [0.1, 0.15) is 11.1 Å². The Labute approximate surface area is 97.1 Å². The number of hydrogen-bond donors (Lipinski definition) is 3. The number of nitrogens with two attached hydrogens (primary N) is 1. The highest BCUT2D eigenvalue weighted by Crippen LogP contribution is 2.25. The number of hydrogen-bond acceptors (Lipinski definition) is 4. The van der Waals surface area contributed by atoms with Crippen molar-refractivity contribution < 1.29 is 5.11 Å². The van der Waals surface area contributed by atoms with Gasteiger partial charge in [0.1, 0.15) is 17.4 Å². The summed E-state index contributed by atoms with van der Waals surface area (Å²) in [5, 5.41) is 19.1. The van der Waals surface area contributed by atoms with Crippen LogP contribution in [-0.2, 0) is 6.42 Å². The maximum Gasteiger partial charge on any atom is 0.266 e. The molecule has 1 aromatic heterocycles. The average Bonchev–Trinajstić information content (AvgIpc) is 2.33. The molecule has 1 aromatic carbocycles. The Morgan fingerprint density at radius 3 is 2.88 bits per heavy atom. The van der Waals surface area contributed by atoms with E-state index in [9.17, 15) is 9.90 Å². The number of nitrogens with zero attached hydrogens (tertiary/aromatic N) is 1. The molecular formula is C12H11N3O2. The fourth-order valence-electron chi connectivity index (χ4n) is 1.79. The SMILES string of the molecule is N#Cc1cc2c(CCN)ccc(O)c2[nH]c1=O. The summed E-state index contributed by atoms with van der Waals surface area (Å²) in [6, 6.07) is 6.55. The molecule has 5 heteroatoms. The second-order valence-electron chi connectivity index (χ2n) is 3.70. The minimum atomic E-state index is -0.500. The number of benzene rings is 1. The third-order valence-corrected chi connectivity index (χ3v) is 2.62. The van der Waals surface area contributed by atoms with E-state index < -0.39 is 5.56 Å². The molecule has 1 heterocycles. The maximum atomic E-state index is 11.5. The highest BCUT2D eigenvalue weighted by Gasteiger charge is 2.09. The van der Waals surface area contributed by atoms with Crippen LogP contribution in [0.25, 0.3) is 10.9 Å². The summed E-state index contributed by atoms with van der Waals surface area (Å²) < 4.78 is 0. The summed E-state index contributed by atoms with van der Waals surface area (Å²) in [7, 11) is 0. The second kappa shape index (κ2) is 4.28. The fraction of sp³-hybridized carbons (Fsp3) is 0.167. The standard InChI is InChI=1S/C12H11N3O2/c13-4-3-7-1-2-10(16)11-9(7)5-8(6-14)12(17)15-11/h1-2,5,16H,3-4,13H2,(H,15,17). The smallest absolute Gasteiger partial charge is 0.266 e. The van der Waals surface area contributed by atoms with Gasteiger partial charge in [-0.05, 0) is 30.7 Å². The first kappa shape index (κ1) is 11.2. The van der Waals surface area contributed by atoms with Crippen molar-refractivity contribution in [3.8, 4) is 11.8 Å². The van der Waals surface area contributed by atoms with Crippen LogP contribution in [0.2, 0.25) is 0 Å². The van der Waals surface area contributed by atoms with Gasteiger partial charge in [0.05, 0.1) is 5.52 Å². The molecule has 0 saturated carbocycles. The lowest BCUT2D eigenvalue weighted by atomic mass is 10.0. The molecule has 0 aliphatic heterocycles. The van der Waals surface area contributed by atoms with Crippen LogP contribution in [-0.4, -0.2) is 16.6 Å². The van der Waals surface area contributed by atoms with E-state index in [-0.39, 0.29) is 11.3 Å². The molecule has 0 aliphatic rings. The van der Waals surface area contributed by atoms with E-state index in [1.807, 2.05) is 6.07 Å². The number of nitriles is 1. The Balaban J connectivity index is 2.85. The molecule has 2 aromatic rings. The first-order chi connectivity index (χ1) is 8.17. The lowest BCUT2D eigenvalue weighted by molar-refractivity contribution is 0.480. The number of aromatic hydroxyl groups is 1. The Kier molecular flexibility index (Phi) is 2.81. The van der Waals surface area contributed by atoms with Crippen molar-refractivity contribution in [3.05, 3.63) is 39.7 Å². The Bertz CT molecular complexity index is 668. The zero-order valence-corrected chi connectivity index (χ0v) is 9.03. The molecule has 0 saturated heterocycles. The third-order valence-electron chi connectivity index (χ3n) is 2.62. The number of aromatic amines is 1. The van der Waals surface area contributed by atoms with Gasteiger partial charge in [-0.1, -0.05) is 6.07 Å². The van der Waals surface area contributed by atoms with Gasteiger partial charge in [0.25, 0.3) is 5.56 Å². The third kappa shape index (κ3) is 1.86. The molecule has 0 atom stereocenters. The number of fused-ring (bicyclic) bond motifs is 1. The molecule has 5 nitrogen and oxygen atoms in total. The summed E-state index contributed by atoms with van der Waals surface area (Å²) in [6.45, 7) is 0.459. The van der Waals surface area contributed by atoms with Gasteiger partial charge >= 0.3 is 0 Å². The molecular weight excluding hydrogens is 218 g/mol. The van der Waals surface area contributed by atoms with Gasteiger partial charge in [-0.15, -0.1) is 0 Å². The number of nitrogens with one attached hydrogen (secondary N) is 1. The van der Waals surface area contributed by atoms with E-state index in [1.165, 1.54) is 12.1 Å². The minimum absolute atomic E-state index is 0.0117. The molecule has 17 heavy (non-hydrogen) atoms. The van der Waals surface area contributed by atoms with Gasteiger partial charge in [0.15, 0.2) is 0 Å². The number of H-pyrrole nitrogens is 1. The summed E-state index contributed by atoms with van der Waals surface area (Å²) in [4.78, 5) is 14.0. The van der Waals surface area contributed by atoms with E-state index in [4.69, 9.17) is 11.0 Å². The lowest BCUT2D eigenvalue weighted by Crippen LogP contribution is -2.11. The highest BCUT2D eigenvalue weighted by atomic mass is 16.3. The Morgan fingerprint density at radius 2 is 2.24 bits per heavy atom. The van der Waals surface area contributed by atoms with Crippen molar-refractivity contribution in [3.63, 3.8) is 0 Å². The summed E-state index contributed by atoms with van der Waals surface area (Å²) >= 11 is 0. The zero-order chi connectivity index (χ0) is 12.4. The van der Waals surface area contributed by atoms with Crippen LogP contribution in [0.5, 0.6) is 5.75 Å². The van der Waals surface area contributed by atoms with Crippen molar-refractivity contribution >= 4 is 10.9 Å². The first-order valence-electron chi connectivity index (χ1n) is 5.15. The quantitative estimate of drug-likeness (QED) is 0.701. The van der Waals surface area contributed by atoms with Crippen LogP contribution in [0.4, 0.5) is 0 Å². The van der Waals surface area contributed by atoms with Crippen molar-refractivity contribution in [1.82, 2.24) is 4.98 Å². The fourth-order valence-corrected chi connectivity index (χ4v) is 1.79. The van der Waals surface area contributed by atoms with E-state index in [0.29, 0.717) is 23.9 Å². The van der Waals surface area contributed by atoms with Gasteiger partial charge in [-0.25, -0.2) is 0 Å². The van der Waals surface area contributed by atoms with E-state index >= 15 is 0 Å². The molecule has 0 spiro atoms. The van der Waals surface area contributed by atoms with E-state index in [1.54, 1.807) is 6.07 Å². The topological polar surface area (TPSA) is 103 Å². The Hall–Kier alpha value is -2.32. The number of aromatic nitrogens is 1. The number of pyridine rings is 1. The van der Waals surface area contributed by atoms with E-state index in [2.05, 4.69) is 4.98 Å². The van der Waals surface area contributed by atoms with Crippen LogP contribution < -0.4 is 11.3 Å². The van der Waals surface area contributed by atoms with Crippen LogP contribution in [0, 0.1) is 11.3 Å². The zero-order valence-electron chi connectivity index (χ0n) is 9.03. The molecule has 0 unspecified atom stereocenters. The Morgan fingerprint density at radius 1 is 1.47 bits per heavy atom. The van der Waals surface area contributed by atoms with Crippen LogP contribution in [0.15, 0.2) is 23.0 Å². The maximum absolute atomic E-state index is 11.5. The number of phenolic OH excluding ortho intramolecular Hbond substituents is 1. The summed E-state index contributed by atoms with van der Waals surface area (Å²) in [5.41, 5.74) is 6.26. The van der Waals surface area contributed by atoms with Gasteiger partial charge in [-0.3, -0.25) is 4.79 Å². The predicted molar refractivity (Wildman–Crippen MR) is 63.7 cm³/mol. The highest BCUT2D eigenvalue weighted by molar-refractivity contribution is 5.88. The molecule has 0 fully saturated rings. The van der Waals surface area contributed by atoms with E-state index in [0.717, 1.165) is 5.56 Å². The second-order valence-corrected chi connectivity index (χ2v) is 3.70. The van der Waals surface area contributed by atoms with Crippen LogP contribution in [0.3, 0.4) is 0 Å². The molecule has 86 valence electrons. The molecule has 0 bridgehead atoms. The predicted octanol–water partition coefficient (Wildman–Crippen LogP) is 0.607. The van der Waals surface area contributed by atoms with Gasteiger partial charge in [0.2, 0.25) is 0 Å². The van der Waals surface area contributed by atoms with Gasteiger partial charge in [0, 0.05) is 5.39 Å². The average molecular weight is 229 g/mol. The number of phenols is 1. The normalized spacial score (nSPS) is 10.4. The van der Waals surface area contributed by atoms with Crippen molar-refractivity contribution in [2.45, 2.75) is 6.42 Å². The molecule has 0 amide bonds. The summed E-state index contributed by atoms with van der Waals surface area (Å²) in [5.74, 6) is -0.0117. The van der Waals surface area contributed by atoms with Crippen molar-refractivity contribution in [2.75, 3.05) is 6.54 Å². The monoisotopic (exact) mass is 229 g/mol. The first-order valence-corrected chi connectivity index (χ1v) is 5.15. The van der Waals surface area contributed by atoms with Gasteiger partial charge < -0.3 is 15.8 Å². The van der Waals surface area contributed by atoms with Gasteiger partial charge in [-0.2, -0.15) is 5.26 Å². The molecule has 0 aliphatic carbocycles. The lowest BCUT2D eigenvalue weighted by Gasteiger charge is -2.07.